The first-order valence-corrected chi connectivity index (χ1v) is 23.1. The minimum Gasteiger partial charge on any atom is -0.543 e. The average molecular weight is 819 g/mol. The van der Waals surface area contributed by atoms with Crippen LogP contribution in [-0.2, 0) is 9.73 Å². The van der Waals surface area contributed by atoms with Crippen molar-refractivity contribution in [2.75, 3.05) is 16.9 Å². The number of pyridine rings is 2. The standard InChI is InChI=1S/C22H19N3O2S.C21H25BrN2OSi/c1-28(27,19-8-3-2-4-9-19)25-17-10-11-21-20(15-17)22(12-13-23-21)24-16-6-5-7-18(26)14-16;1-21(2,3)26(4,5)25-17-8-6-7-16(14-17)24-20-11-12-23-19-10-9-15(22)13-18(19)20/h2-15,26H,1H3,(H,23,24);6-14H,1-5H3,(H,23,24)/t28-;/m0./s1. The lowest BCUT2D eigenvalue weighted by atomic mass is 10.1. The summed E-state index contributed by atoms with van der Waals surface area (Å²) in [6.07, 6.45) is 5.19. The van der Waals surface area contributed by atoms with Crippen LogP contribution < -0.4 is 15.1 Å². The molecule has 276 valence electrons. The van der Waals surface area contributed by atoms with E-state index in [0.29, 0.717) is 10.6 Å². The molecule has 7 aromatic rings. The highest BCUT2D eigenvalue weighted by Crippen LogP contribution is 2.38. The smallest absolute Gasteiger partial charge is 0.250 e. The average Bonchev–Trinajstić information content (AvgIpc) is 3.12. The summed E-state index contributed by atoms with van der Waals surface area (Å²) in [7, 11) is -4.41. The third-order valence-corrected chi connectivity index (χ3v) is 15.9. The fourth-order valence-electron chi connectivity index (χ4n) is 5.43. The zero-order valence-electron chi connectivity index (χ0n) is 31.2. The van der Waals surface area contributed by atoms with Gasteiger partial charge in [-0.2, -0.15) is 4.36 Å². The van der Waals surface area contributed by atoms with Crippen molar-refractivity contribution in [2.24, 2.45) is 4.36 Å². The molecule has 0 aliphatic heterocycles. The predicted octanol–water partition coefficient (Wildman–Crippen LogP) is 12.6. The van der Waals surface area contributed by atoms with Crippen LogP contribution in [0.4, 0.5) is 28.4 Å². The molecule has 0 saturated carbocycles. The molecule has 0 aliphatic carbocycles. The SMILES string of the molecule is CC(C)(C)[Si](C)(C)Oc1cccc(Nc2ccnc3ccc(Br)cc23)c1.C[S@@](=O)(=Nc1ccc2nccc(Nc3cccc(O)c3)c2c1)c1ccccc1. The topological polar surface area (TPSA) is 109 Å². The number of anilines is 4. The van der Waals surface area contributed by atoms with Gasteiger partial charge in [0.05, 0.1) is 26.4 Å². The van der Waals surface area contributed by atoms with Gasteiger partial charge >= 0.3 is 0 Å². The Morgan fingerprint density at radius 2 is 1.31 bits per heavy atom. The van der Waals surface area contributed by atoms with Crippen molar-refractivity contribution >= 4 is 84.2 Å². The zero-order chi connectivity index (χ0) is 38.5. The van der Waals surface area contributed by atoms with Crippen LogP contribution >= 0.6 is 15.9 Å². The Bertz CT molecular complexity index is 2550. The van der Waals surface area contributed by atoms with Crippen molar-refractivity contribution in [3.05, 3.63) is 144 Å². The zero-order valence-corrected chi connectivity index (χ0v) is 34.6. The normalized spacial score (nSPS) is 12.6. The number of rotatable bonds is 8. The first kappa shape index (κ1) is 38.5. The number of nitrogens with zero attached hydrogens (tertiary/aromatic N) is 3. The van der Waals surface area contributed by atoms with E-state index in [0.717, 1.165) is 54.8 Å². The first-order valence-electron chi connectivity index (χ1n) is 17.5. The monoisotopic (exact) mass is 817 g/mol. The molecule has 2 heterocycles. The third kappa shape index (κ3) is 9.46. The van der Waals surface area contributed by atoms with Crippen molar-refractivity contribution in [1.82, 2.24) is 9.97 Å². The number of halogens is 1. The van der Waals surface area contributed by atoms with Crippen LogP contribution in [0.2, 0.25) is 18.1 Å². The van der Waals surface area contributed by atoms with Gasteiger partial charge < -0.3 is 20.2 Å². The largest absolute Gasteiger partial charge is 0.543 e. The second-order valence-corrected chi connectivity index (χ2v) is 22.4. The molecule has 3 N–H and O–H groups in total. The Morgan fingerprint density at radius 3 is 1.94 bits per heavy atom. The molecule has 0 radical (unpaired) electrons. The highest BCUT2D eigenvalue weighted by molar-refractivity contribution is 9.10. The molecule has 54 heavy (non-hydrogen) atoms. The number of fused-ring (bicyclic) bond motifs is 2. The number of hydrogen-bond acceptors (Lipinski definition) is 8. The molecule has 11 heteroatoms. The highest BCUT2D eigenvalue weighted by atomic mass is 79.9. The van der Waals surface area contributed by atoms with Crippen LogP contribution in [-0.4, -0.2) is 33.9 Å². The Morgan fingerprint density at radius 1 is 0.722 bits per heavy atom. The molecule has 1 atom stereocenters. The van der Waals surface area contributed by atoms with E-state index >= 15 is 0 Å². The summed E-state index contributed by atoms with van der Waals surface area (Å²) in [5.74, 6) is 1.11. The van der Waals surface area contributed by atoms with Crippen LogP contribution in [0.3, 0.4) is 0 Å². The molecule has 7 rings (SSSR count). The van der Waals surface area contributed by atoms with E-state index in [-0.39, 0.29) is 10.8 Å². The fraction of sp³-hybridized carbons (Fsp3) is 0.163. The number of aromatic hydroxyl groups is 1. The second-order valence-electron chi connectivity index (χ2n) is 14.5. The minimum atomic E-state index is -2.56. The van der Waals surface area contributed by atoms with Crippen molar-refractivity contribution in [3.63, 3.8) is 0 Å². The molecule has 0 bridgehead atoms. The second kappa shape index (κ2) is 16.0. The lowest BCUT2D eigenvalue weighted by molar-refractivity contribution is 0.475. The van der Waals surface area contributed by atoms with E-state index in [1.165, 1.54) is 0 Å². The quantitative estimate of drug-likeness (QED) is 0.131. The molecule has 0 saturated heterocycles. The molecule has 0 unspecified atom stereocenters. The van der Waals surface area contributed by atoms with Gasteiger partial charge in [0.2, 0.25) is 8.32 Å². The lowest BCUT2D eigenvalue weighted by Gasteiger charge is -2.36. The Labute approximate surface area is 327 Å². The van der Waals surface area contributed by atoms with E-state index in [9.17, 15) is 9.32 Å². The number of phenols is 1. The molecule has 0 spiro atoms. The number of phenolic OH excluding ortho intramolecular Hbond substituents is 1. The summed E-state index contributed by atoms with van der Waals surface area (Å²) in [5.41, 5.74) is 6.01. The van der Waals surface area contributed by atoms with Crippen molar-refractivity contribution < 1.29 is 13.7 Å². The summed E-state index contributed by atoms with van der Waals surface area (Å²) in [5, 5.41) is 18.6. The molecule has 0 fully saturated rings. The summed E-state index contributed by atoms with van der Waals surface area (Å²) in [6, 6.07) is 39.9. The van der Waals surface area contributed by atoms with E-state index in [1.807, 2.05) is 97.2 Å². The number of hydrogen-bond donors (Lipinski definition) is 3. The Hall–Kier alpha value is -5.23. The Balaban J connectivity index is 0.000000185. The van der Waals surface area contributed by atoms with Crippen LogP contribution in [0.25, 0.3) is 21.8 Å². The van der Waals surface area contributed by atoms with Gasteiger partial charge in [-0.3, -0.25) is 9.97 Å². The van der Waals surface area contributed by atoms with Gasteiger partial charge in [0.1, 0.15) is 11.5 Å². The van der Waals surface area contributed by atoms with Crippen molar-refractivity contribution in [3.8, 4) is 11.5 Å². The maximum Gasteiger partial charge on any atom is 0.250 e. The van der Waals surface area contributed by atoms with Gasteiger partial charge in [-0.05, 0) is 103 Å². The first-order chi connectivity index (χ1) is 25.7. The number of nitrogens with one attached hydrogen (secondary N) is 2. The van der Waals surface area contributed by atoms with Crippen LogP contribution in [0.1, 0.15) is 20.8 Å². The summed E-state index contributed by atoms with van der Waals surface area (Å²) < 4.78 is 25.1. The van der Waals surface area contributed by atoms with E-state index in [2.05, 4.69) is 93.0 Å². The van der Waals surface area contributed by atoms with Crippen LogP contribution in [0.5, 0.6) is 11.5 Å². The summed E-state index contributed by atoms with van der Waals surface area (Å²) in [6.45, 7) is 11.3. The van der Waals surface area contributed by atoms with E-state index in [1.54, 1.807) is 30.7 Å². The van der Waals surface area contributed by atoms with Crippen LogP contribution in [0.15, 0.2) is 154 Å². The molecular weight excluding hydrogens is 775 g/mol. The highest BCUT2D eigenvalue weighted by Gasteiger charge is 2.39. The van der Waals surface area contributed by atoms with Gasteiger partial charge in [0.15, 0.2) is 0 Å². The predicted molar refractivity (Wildman–Crippen MR) is 231 cm³/mol. The van der Waals surface area contributed by atoms with Gasteiger partial charge in [-0.15, -0.1) is 0 Å². The molecule has 8 nitrogen and oxygen atoms in total. The van der Waals surface area contributed by atoms with Gasteiger partial charge in [0, 0.05) is 73.7 Å². The van der Waals surface area contributed by atoms with E-state index in [4.69, 9.17) is 4.43 Å². The van der Waals surface area contributed by atoms with E-state index < -0.39 is 18.0 Å². The number of benzene rings is 5. The summed E-state index contributed by atoms with van der Waals surface area (Å²) >= 11 is 3.54. The van der Waals surface area contributed by atoms with Gasteiger partial charge in [-0.1, -0.05) is 67.0 Å². The van der Waals surface area contributed by atoms with Gasteiger partial charge in [0.25, 0.3) is 0 Å². The molecule has 5 aromatic carbocycles. The van der Waals surface area contributed by atoms with Crippen molar-refractivity contribution in [1.29, 1.82) is 0 Å². The Kier molecular flexibility index (Phi) is 11.4. The molecule has 0 amide bonds. The maximum absolute atomic E-state index is 13.1. The van der Waals surface area contributed by atoms with Gasteiger partial charge in [-0.25, -0.2) is 4.21 Å². The summed E-state index contributed by atoms with van der Waals surface area (Å²) in [4.78, 5) is 9.53. The molecule has 2 aromatic heterocycles. The molecule has 0 aliphatic rings. The minimum absolute atomic E-state index is 0.171. The van der Waals surface area contributed by atoms with Crippen molar-refractivity contribution in [2.45, 2.75) is 43.8 Å². The third-order valence-electron chi connectivity index (χ3n) is 9.31. The maximum atomic E-state index is 13.1. The fourth-order valence-corrected chi connectivity index (χ4v) is 8.10. The molecular formula is C43H44BrN5O3SSi. The number of aromatic nitrogens is 2. The lowest BCUT2D eigenvalue weighted by Crippen LogP contribution is -2.43. The van der Waals surface area contributed by atoms with Crippen LogP contribution in [0, 0.1) is 0 Å².